The number of rotatable bonds is 2. The zero-order valence-corrected chi connectivity index (χ0v) is 10.9. The SMILES string of the molecule is COc1ccc2oc(-c3c(N)cccc3Cl)nc2c1. The van der Waals surface area contributed by atoms with Gasteiger partial charge in [0.1, 0.15) is 11.3 Å². The molecule has 0 bridgehead atoms. The third-order valence-corrected chi connectivity index (χ3v) is 3.17. The van der Waals surface area contributed by atoms with Crippen molar-refractivity contribution in [3.8, 4) is 17.2 Å². The first-order valence-corrected chi connectivity index (χ1v) is 6.06. The fraction of sp³-hybridized carbons (Fsp3) is 0.0714. The van der Waals surface area contributed by atoms with E-state index in [1.54, 1.807) is 37.4 Å². The number of hydrogen-bond acceptors (Lipinski definition) is 4. The maximum atomic E-state index is 6.15. The Morgan fingerprint density at radius 3 is 2.84 bits per heavy atom. The van der Waals surface area contributed by atoms with E-state index in [0.29, 0.717) is 33.3 Å². The number of nitrogens with zero attached hydrogens (tertiary/aromatic N) is 1. The molecule has 1 aromatic heterocycles. The molecule has 0 aliphatic carbocycles. The van der Waals surface area contributed by atoms with Crippen LogP contribution in [0.15, 0.2) is 40.8 Å². The number of nitrogens with two attached hydrogens (primary N) is 1. The highest BCUT2D eigenvalue weighted by molar-refractivity contribution is 6.33. The van der Waals surface area contributed by atoms with E-state index in [4.69, 9.17) is 26.5 Å². The molecule has 2 N–H and O–H groups in total. The summed E-state index contributed by atoms with van der Waals surface area (Å²) in [6.07, 6.45) is 0. The number of benzene rings is 2. The molecule has 3 rings (SSSR count). The average Bonchev–Trinajstić information content (AvgIpc) is 2.80. The molecule has 0 radical (unpaired) electrons. The lowest BCUT2D eigenvalue weighted by molar-refractivity contribution is 0.415. The molecule has 0 fully saturated rings. The number of hydrogen-bond donors (Lipinski definition) is 1. The summed E-state index contributed by atoms with van der Waals surface area (Å²) in [7, 11) is 1.61. The van der Waals surface area contributed by atoms with Crippen LogP contribution in [0.3, 0.4) is 0 Å². The van der Waals surface area contributed by atoms with E-state index in [1.807, 2.05) is 6.07 Å². The molecule has 1 heterocycles. The van der Waals surface area contributed by atoms with E-state index in [-0.39, 0.29) is 0 Å². The van der Waals surface area contributed by atoms with Crippen molar-refractivity contribution in [1.82, 2.24) is 4.98 Å². The lowest BCUT2D eigenvalue weighted by Gasteiger charge is -2.02. The van der Waals surface area contributed by atoms with Gasteiger partial charge in [0, 0.05) is 11.8 Å². The summed E-state index contributed by atoms with van der Waals surface area (Å²) in [5.41, 5.74) is 8.43. The van der Waals surface area contributed by atoms with Crippen LogP contribution in [0.2, 0.25) is 5.02 Å². The fourth-order valence-corrected chi connectivity index (χ4v) is 2.17. The standard InChI is InChI=1S/C14H11ClN2O2/c1-18-8-5-6-12-11(7-8)17-14(19-12)13-9(15)3-2-4-10(13)16/h2-7H,16H2,1H3. The number of fused-ring (bicyclic) bond motifs is 1. The Morgan fingerprint density at radius 2 is 2.11 bits per heavy atom. The lowest BCUT2D eigenvalue weighted by Crippen LogP contribution is -1.90. The zero-order chi connectivity index (χ0) is 13.4. The van der Waals surface area contributed by atoms with Gasteiger partial charge < -0.3 is 14.9 Å². The van der Waals surface area contributed by atoms with Crippen LogP contribution in [-0.4, -0.2) is 12.1 Å². The number of aromatic nitrogens is 1. The molecule has 0 saturated heterocycles. The molecule has 0 unspecified atom stereocenters. The number of anilines is 1. The minimum Gasteiger partial charge on any atom is -0.497 e. The Labute approximate surface area is 114 Å². The smallest absolute Gasteiger partial charge is 0.230 e. The van der Waals surface area contributed by atoms with Gasteiger partial charge in [-0.25, -0.2) is 4.98 Å². The molecule has 0 saturated carbocycles. The Kier molecular flexibility index (Phi) is 2.80. The molecule has 3 aromatic rings. The maximum Gasteiger partial charge on any atom is 0.230 e. The highest BCUT2D eigenvalue weighted by Crippen LogP contribution is 2.34. The first kappa shape index (κ1) is 11.9. The highest BCUT2D eigenvalue weighted by atomic mass is 35.5. The van der Waals surface area contributed by atoms with Crippen LogP contribution in [0.25, 0.3) is 22.6 Å². The lowest BCUT2D eigenvalue weighted by atomic mass is 10.2. The minimum atomic E-state index is 0.409. The minimum absolute atomic E-state index is 0.409. The monoisotopic (exact) mass is 274 g/mol. The van der Waals surface area contributed by atoms with Gasteiger partial charge >= 0.3 is 0 Å². The van der Waals surface area contributed by atoms with Crippen molar-refractivity contribution in [3.05, 3.63) is 41.4 Å². The molecule has 0 amide bonds. The Balaban J connectivity index is 2.21. The predicted octanol–water partition coefficient (Wildman–Crippen LogP) is 3.74. The summed E-state index contributed by atoms with van der Waals surface area (Å²) >= 11 is 6.15. The Morgan fingerprint density at radius 1 is 1.26 bits per heavy atom. The van der Waals surface area contributed by atoms with Crippen LogP contribution >= 0.6 is 11.6 Å². The van der Waals surface area contributed by atoms with E-state index in [0.717, 1.165) is 5.75 Å². The van der Waals surface area contributed by atoms with Crippen molar-refractivity contribution in [2.75, 3.05) is 12.8 Å². The second kappa shape index (κ2) is 4.48. The molecule has 0 aliphatic rings. The van der Waals surface area contributed by atoms with Crippen molar-refractivity contribution in [3.63, 3.8) is 0 Å². The molecule has 5 heteroatoms. The quantitative estimate of drug-likeness (QED) is 0.723. The largest absolute Gasteiger partial charge is 0.497 e. The van der Waals surface area contributed by atoms with Crippen molar-refractivity contribution in [1.29, 1.82) is 0 Å². The summed E-state index contributed by atoms with van der Waals surface area (Å²) in [5, 5.41) is 0.513. The van der Waals surface area contributed by atoms with Crippen LogP contribution in [0, 0.1) is 0 Å². The summed E-state index contributed by atoms with van der Waals surface area (Å²) in [5.74, 6) is 1.13. The van der Waals surface area contributed by atoms with Gasteiger partial charge in [-0.3, -0.25) is 0 Å². The van der Waals surface area contributed by atoms with E-state index in [2.05, 4.69) is 4.98 Å². The first-order chi connectivity index (χ1) is 9.19. The van der Waals surface area contributed by atoms with E-state index in [1.165, 1.54) is 0 Å². The number of nitrogen functional groups attached to an aromatic ring is 1. The molecule has 96 valence electrons. The summed E-state index contributed by atoms with van der Waals surface area (Å²) < 4.78 is 10.8. The maximum absolute atomic E-state index is 6.15. The summed E-state index contributed by atoms with van der Waals surface area (Å²) in [4.78, 5) is 4.40. The number of ether oxygens (including phenoxy) is 1. The molecule has 0 spiro atoms. The van der Waals surface area contributed by atoms with Crippen LogP contribution in [0.5, 0.6) is 5.75 Å². The van der Waals surface area contributed by atoms with Crippen molar-refractivity contribution >= 4 is 28.4 Å². The van der Waals surface area contributed by atoms with Gasteiger partial charge in [0.25, 0.3) is 0 Å². The van der Waals surface area contributed by atoms with Gasteiger partial charge in [0.15, 0.2) is 5.58 Å². The van der Waals surface area contributed by atoms with Gasteiger partial charge in [-0.2, -0.15) is 0 Å². The van der Waals surface area contributed by atoms with Crippen molar-refractivity contribution in [2.45, 2.75) is 0 Å². The molecule has 19 heavy (non-hydrogen) atoms. The predicted molar refractivity (Wildman–Crippen MR) is 75.4 cm³/mol. The average molecular weight is 275 g/mol. The van der Waals surface area contributed by atoms with Gasteiger partial charge in [-0.15, -0.1) is 0 Å². The van der Waals surface area contributed by atoms with Crippen molar-refractivity contribution < 1.29 is 9.15 Å². The summed E-state index contributed by atoms with van der Waals surface area (Å²) in [6.45, 7) is 0. The second-order valence-corrected chi connectivity index (χ2v) is 4.46. The van der Waals surface area contributed by atoms with Crippen LogP contribution in [-0.2, 0) is 0 Å². The van der Waals surface area contributed by atoms with Crippen molar-refractivity contribution in [2.24, 2.45) is 0 Å². The van der Waals surface area contributed by atoms with E-state index in [9.17, 15) is 0 Å². The zero-order valence-electron chi connectivity index (χ0n) is 10.2. The third kappa shape index (κ3) is 2.00. The topological polar surface area (TPSA) is 61.3 Å². The van der Waals surface area contributed by atoms with Crippen LogP contribution < -0.4 is 10.5 Å². The fourth-order valence-electron chi connectivity index (χ4n) is 1.91. The molecule has 2 aromatic carbocycles. The van der Waals surface area contributed by atoms with Gasteiger partial charge in [0.05, 0.1) is 17.7 Å². The second-order valence-electron chi connectivity index (χ2n) is 4.06. The Bertz CT molecular complexity index is 732. The molecule has 0 aliphatic heterocycles. The van der Waals surface area contributed by atoms with E-state index >= 15 is 0 Å². The Hall–Kier alpha value is -2.20. The normalized spacial score (nSPS) is 10.8. The van der Waals surface area contributed by atoms with Gasteiger partial charge in [-0.05, 0) is 24.3 Å². The molecular weight excluding hydrogens is 264 g/mol. The first-order valence-electron chi connectivity index (χ1n) is 5.68. The highest BCUT2D eigenvalue weighted by Gasteiger charge is 2.14. The summed E-state index contributed by atoms with van der Waals surface area (Å²) in [6, 6.07) is 10.7. The van der Waals surface area contributed by atoms with Gasteiger partial charge in [-0.1, -0.05) is 17.7 Å². The number of halogens is 1. The number of oxazole rings is 1. The number of methoxy groups -OCH3 is 1. The molecular formula is C14H11ClN2O2. The van der Waals surface area contributed by atoms with E-state index < -0.39 is 0 Å². The third-order valence-electron chi connectivity index (χ3n) is 2.85. The van der Waals surface area contributed by atoms with Crippen LogP contribution in [0.1, 0.15) is 0 Å². The molecule has 4 nitrogen and oxygen atoms in total. The van der Waals surface area contributed by atoms with Gasteiger partial charge in [0.2, 0.25) is 5.89 Å². The molecule has 0 atom stereocenters. The van der Waals surface area contributed by atoms with Crippen LogP contribution in [0.4, 0.5) is 5.69 Å².